The number of hydrogen-bond donors (Lipinski definition) is 2. The van der Waals surface area contributed by atoms with Gasteiger partial charge in [-0.15, -0.1) is 22.7 Å². The van der Waals surface area contributed by atoms with Crippen molar-refractivity contribution in [2.45, 2.75) is 18.7 Å². The van der Waals surface area contributed by atoms with E-state index in [4.69, 9.17) is 4.98 Å². The molecule has 36 heavy (non-hydrogen) atoms. The number of nitrogens with one attached hydrogen (secondary N) is 2. The zero-order chi connectivity index (χ0) is 25.4. The molecule has 0 unspecified atom stereocenters. The molecule has 0 saturated heterocycles. The van der Waals surface area contributed by atoms with Crippen LogP contribution in [0.3, 0.4) is 0 Å². The van der Waals surface area contributed by atoms with Crippen LogP contribution in [-0.4, -0.2) is 19.3 Å². The van der Waals surface area contributed by atoms with Crippen LogP contribution in [0.25, 0.3) is 20.8 Å². The molecule has 0 fully saturated rings. The summed E-state index contributed by atoms with van der Waals surface area (Å²) in [6.07, 6.45) is 0. The van der Waals surface area contributed by atoms with Gasteiger partial charge in [-0.05, 0) is 67.9 Å². The van der Waals surface area contributed by atoms with Crippen LogP contribution in [0, 0.1) is 19.7 Å². The monoisotopic (exact) mass is 537 g/mol. The fourth-order valence-corrected chi connectivity index (χ4v) is 6.99. The van der Waals surface area contributed by atoms with Gasteiger partial charge in [0.05, 0.1) is 26.4 Å². The third-order valence-electron chi connectivity index (χ3n) is 5.66. The van der Waals surface area contributed by atoms with Gasteiger partial charge in [0, 0.05) is 10.4 Å². The molecule has 0 radical (unpaired) electrons. The highest BCUT2D eigenvalue weighted by atomic mass is 32.2. The molecule has 182 valence electrons. The molecule has 3 aromatic carbocycles. The second kappa shape index (κ2) is 9.45. The van der Waals surface area contributed by atoms with E-state index in [9.17, 15) is 17.6 Å². The summed E-state index contributed by atoms with van der Waals surface area (Å²) in [4.78, 5) is 19.1. The summed E-state index contributed by atoms with van der Waals surface area (Å²) >= 11 is 3.00. The number of rotatable bonds is 6. The average Bonchev–Trinajstić information content (AvgIpc) is 3.39. The SMILES string of the molecule is Cc1sc(NC(=O)c2ccccc2NS(=O)(=O)c2ccc(F)cc2)c(-c2nc3ccccc3s2)c1C. The first-order valence-corrected chi connectivity index (χ1v) is 14.0. The Morgan fingerprint density at radius 3 is 2.36 bits per heavy atom. The third-order valence-corrected chi connectivity index (χ3v) is 9.22. The summed E-state index contributed by atoms with van der Waals surface area (Å²) in [5, 5.41) is 4.41. The number of thiazole rings is 1. The molecular formula is C26H20FN3O3S3. The van der Waals surface area contributed by atoms with E-state index < -0.39 is 21.7 Å². The first-order valence-electron chi connectivity index (χ1n) is 10.9. The van der Waals surface area contributed by atoms with Gasteiger partial charge in [-0.2, -0.15) is 0 Å². The van der Waals surface area contributed by atoms with Crippen LogP contribution in [0.4, 0.5) is 15.1 Å². The number of carbonyl (C=O) groups excluding carboxylic acids is 1. The molecule has 5 rings (SSSR count). The number of halogens is 1. The lowest BCUT2D eigenvalue weighted by molar-refractivity contribution is 0.102. The Morgan fingerprint density at radius 2 is 1.61 bits per heavy atom. The second-order valence-corrected chi connectivity index (χ2v) is 12.0. The van der Waals surface area contributed by atoms with E-state index in [2.05, 4.69) is 10.0 Å². The van der Waals surface area contributed by atoms with Crippen LogP contribution in [0.5, 0.6) is 0 Å². The maximum Gasteiger partial charge on any atom is 0.261 e. The Balaban J connectivity index is 1.47. The van der Waals surface area contributed by atoms with Crippen LogP contribution in [0.2, 0.25) is 0 Å². The smallest absolute Gasteiger partial charge is 0.261 e. The Hall–Kier alpha value is -3.60. The largest absolute Gasteiger partial charge is 0.313 e. The van der Waals surface area contributed by atoms with E-state index in [-0.39, 0.29) is 16.1 Å². The first-order chi connectivity index (χ1) is 17.2. The zero-order valence-corrected chi connectivity index (χ0v) is 21.7. The molecule has 2 heterocycles. The van der Waals surface area contributed by atoms with Crippen molar-refractivity contribution in [3.05, 3.63) is 94.6 Å². The van der Waals surface area contributed by atoms with Gasteiger partial charge in [0.25, 0.3) is 15.9 Å². The second-order valence-electron chi connectivity index (χ2n) is 8.03. The van der Waals surface area contributed by atoms with Gasteiger partial charge in [0.1, 0.15) is 15.8 Å². The highest BCUT2D eigenvalue weighted by Gasteiger charge is 2.23. The van der Waals surface area contributed by atoms with Crippen LogP contribution in [0.15, 0.2) is 77.7 Å². The average molecular weight is 538 g/mol. The number of nitrogens with zero attached hydrogens (tertiary/aromatic N) is 1. The summed E-state index contributed by atoms with van der Waals surface area (Å²) in [6.45, 7) is 3.98. The molecule has 1 amide bonds. The maximum absolute atomic E-state index is 13.4. The minimum absolute atomic E-state index is 0.110. The Morgan fingerprint density at radius 1 is 0.917 bits per heavy atom. The molecule has 10 heteroatoms. The molecule has 0 bridgehead atoms. The molecule has 5 aromatic rings. The van der Waals surface area contributed by atoms with Gasteiger partial charge in [0.2, 0.25) is 0 Å². The van der Waals surface area contributed by atoms with E-state index in [1.807, 2.05) is 38.1 Å². The molecule has 0 spiro atoms. The van der Waals surface area contributed by atoms with Crippen molar-refractivity contribution in [2.75, 3.05) is 10.0 Å². The normalized spacial score (nSPS) is 11.5. The van der Waals surface area contributed by atoms with E-state index in [0.29, 0.717) is 5.00 Å². The standard InChI is InChI=1S/C26H20FN3O3S3/c1-15-16(2)34-26(23(15)25-28-21-9-5-6-10-22(21)35-25)29-24(31)19-7-3-4-8-20(19)30-36(32,33)18-13-11-17(27)12-14-18/h3-14,30H,1-2H3,(H,29,31). The summed E-state index contributed by atoms with van der Waals surface area (Å²) in [7, 11) is -4.03. The van der Waals surface area contributed by atoms with Gasteiger partial charge in [-0.25, -0.2) is 17.8 Å². The molecule has 2 aromatic heterocycles. The Labute approximate surface area is 215 Å². The van der Waals surface area contributed by atoms with E-state index >= 15 is 0 Å². The molecule has 2 N–H and O–H groups in total. The number of carbonyl (C=O) groups is 1. The van der Waals surface area contributed by atoms with Crippen molar-refractivity contribution < 1.29 is 17.6 Å². The van der Waals surface area contributed by atoms with Gasteiger partial charge in [-0.1, -0.05) is 24.3 Å². The summed E-state index contributed by atoms with van der Waals surface area (Å²) in [5.41, 5.74) is 3.04. The van der Waals surface area contributed by atoms with Crippen LogP contribution < -0.4 is 10.0 Å². The number of sulfonamides is 1. The van der Waals surface area contributed by atoms with Crippen molar-refractivity contribution in [3.63, 3.8) is 0 Å². The predicted molar refractivity (Wildman–Crippen MR) is 144 cm³/mol. The fraction of sp³-hybridized carbons (Fsp3) is 0.0769. The number of aryl methyl sites for hydroxylation is 1. The van der Waals surface area contributed by atoms with Gasteiger partial charge in [-0.3, -0.25) is 9.52 Å². The number of anilines is 2. The highest BCUT2D eigenvalue weighted by Crippen LogP contribution is 2.43. The van der Waals surface area contributed by atoms with Crippen molar-refractivity contribution in [3.8, 4) is 10.6 Å². The quantitative estimate of drug-likeness (QED) is 0.248. The molecule has 0 atom stereocenters. The van der Waals surface area contributed by atoms with E-state index in [0.717, 1.165) is 43.4 Å². The molecule has 6 nitrogen and oxygen atoms in total. The van der Waals surface area contributed by atoms with Crippen molar-refractivity contribution >= 4 is 59.5 Å². The van der Waals surface area contributed by atoms with Gasteiger partial charge >= 0.3 is 0 Å². The number of hydrogen-bond acceptors (Lipinski definition) is 6. The summed E-state index contributed by atoms with van der Waals surface area (Å²) in [5.74, 6) is -1.00. The summed E-state index contributed by atoms with van der Waals surface area (Å²) in [6, 6.07) is 18.7. The molecule has 0 aliphatic carbocycles. The molecule has 0 aliphatic rings. The zero-order valence-electron chi connectivity index (χ0n) is 19.2. The van der Waals surface area contributed by atoms with Crippen LogP contribution >= 0.6 is 22.7 Å². The number of benzene rings is 3. The Bertz CT molecular complexity index is 1670. The third kappa shape index (κ3) is 4.62. The lowest BCUT2D eigenvalue weighted by Gasteiger charge is -2.13. The maximum atomic E-state index is 13.4. The minimum atomic E-state index is -4.03. The fourth-order valence-electron chi connectivity index (χ4n) is 3.71. The lowest BCUT2D eigenvalue weighted by Crippen LogP contribution is -2.18. The number of fused-ring (bicyclic) bond motifs is 1. The lowest BCUT2D eigenvalue weighted by atomic mass is 10.1. The topological polar surface area (TPSA) is 88.2 Å². The number of para-hydroxylation sites is 2. The predicted octanol–water partition coefficient (Wildman–Crippen LogP) is 6.83. The van der Waals surface area contributed by atoms with E-state index in [1.165, 1.54) is 29.5 Å². The van der Waals surface area contributed by atoms with Gasteiger partial charge in [0.15, 0.2) is 0 Å². The molecular weight excluding hydrogens is 518 g/mol. The molecule has 0 saturated carbocycles. The van der Waals surface area contributed by atoms with Crippen molar-refractivity contribution in [1.29, 1.82) is 0 Å². The highest BCUT2D eigenvalue weighted by molar-refractivity contribution is 7.92. The van der Waals surface area contributed by atoms with E-state index in [1.54, 1.807) is 29.5 Å². The van der Waals surface area contributed by atoms with Crippen molar-refractivity contribution in [2.24, 2.45) is 0 Å². The number of amides is 1. The van der Waals surface area contributed by atoms with Crippen LogP contribution in [0.1, 0.15) is 20.8 Å². The van der Waals surface area contributed by atoms with Crippen molar-refractivity contribution in [1.82, 2.24) is 4.98 Å². The minimum Gasteiger partial charge on any atom is -0.313 e. The number of aromatic nitrogens is 1. The Kier molecular flexibility index (Phi) is 6.33. The van der Waals surface area contributed by atoms with Gasteiger partial charge < -0.3 is 5.32 Å². The van der Waals surface area contributed by atoms with Crippen LogP contribution in [-0.2, 0) is 10.0 Å². The molecule has 0 aliphatic heterocycles. The summed E-state index contributed by atoms with van der Waals surface area (Å²) < 4.78 is 42.5. The number of thiophene rings is 1. The first kappa shape index (κ1) is 24.1.